The van der Waals surface area contributed by atoms with Crippen LogP contribution < -0.4 is 10.6 Å². The van der Waals surface area contributed by atoms with Crippen LogP contribution in [0.15, 0.2) is 48.5 Å². The third-order valence-corrected chi connectivity index (χ3v) is 7.80. The van der Waals surface area contributed by atoms with Gasteiger partial charge < -0.3 is 20.5 Å². The van der Waals surface area contributed by atoms with Crippen LogP contribution in [-0.2, 0) is 14.3 Å². The monoisotopic (exact) mass is 478 g/mol. The summed E-state index contributed by atoms with van der Waals surface area (Å²) in [5, 5.41) is 15.4. The zero-order chi connectivity index (χ0) is 25.1. The molecule has 3 N–H and O–H groups in total. The van der Waals surface area contributed by atoms with Gasteiger partial charge in [0.2, 0.25) is 5.91 Å². The number of hydrogen-bond donors (Lipinski definition) is 3. The van der Waals surface area contributed by atoms with Gasteiger partial charge in [-0.2, -0.15) is 0 Å². The minimum atomic E-state index is -1.28. The maximum Gasteiger partial charge on any atom is 0.408 e. The molecule has 35 heavy (non-hydrogen) atoms. The van der Waals surface area contributed by atoms with Crippen LogP contribution in [0.3, 0.4) is 0 Å². The number of carbonyl (C=O) groups excluding carboxylic acids is 2. The molecule has 0 aliphatic heterocycles. The molecule has 2 aliphatic rings. The first-order chi connectivity index (χ1) is 16.9. The summed E-state index contributed by atoms with van der Waals surface area (Å²) >= 11 is 0. The largest absolute Gasteiger partial charge is 0.480 e. The number of rotatable bonds is 8. The number of carboxylic acid groups (broad SMARTS) is 1. The molecule has 2 aliphatic carbocycles. The van der Waals surface area contributed by atoms with Gasteiger partial charge in [-0.05, 0) is 47.9 Å². The molecule has 0 spiro atoms. The van der Waals surface area contributed by atoms with Crippen LogP contribution in [-0.4, -0.2) is 40.8 Å². The van der Waals surface area contributed by atoms with E-state index in [-0.39, 0.29) is 12.5 Å². The van der Waals surface area contributed by atoms with Gasteiger partial charge in [0.1, 0.15) is 17.7 Å². The molecule has 186 valence electrons. The van der Waals surface area contributed by atoms with Crippen LogP contribution >= 0.6 is 0 Å². The lowest BCUT2D eigenvalue weighted by atomic mass is 9.80. The first-order valence-corrected chi connectivity index (χ1v) is 12.5. The van der Waals surface area contributed by atoms with E-state index in [4.69, 9.17) is 4.74 Å². The molecule has 0 bridgehead atoms. The third-order valence-electron chi connectivity index (χ3n) is 7.80. The van der Waals surface area contributed by atoms with Crippen LogP contribution in [0, 0.1) is 0 Å². The number of nitrogens with one attached hydrogen (secondary N) is 2. The number of ether oxygens (including phenoxy) is 1. The number of hydrogen-bond acceptors (Lipinski definition) is 4. The number of carbonyl (C=O) groups is 3. The van der Waals surface area contributed by atoms with Crippen molar-refractivity contribution >= 4 is 18.0 Å². The third kappa shape index (κ3) is 4.64. The average Bonchev–Trinajstić information content (AvgIpc) is 3.20. The zero-order valence-corrected chi connectivity index (χ0v) is 20.4. The fraction of sp³-hybridized carbons (Fsp3) is 0.464. The van der Waals surface area contributed by atoms with Gasteiger partial charge in [-0.1, -0.05) is 81.6 Å². The summed E-state index contributed by atoms with van der Waals surface area (Å²) in [5.41, 5.74) is 1.96. The van der Waals surface area contributed by atoms with Crippen LogP contribution in [0.4, 0.5) is 4.79 Å². The lowest BCUT2D eigenvalue weighted by molar-refractivity contribution is -0.150. The van der Waals surface area contributed by atoms with E-state index < -0.39 is 29.0 Å². The van der Waals surface area contributed by atoms with Crippen molar-refractivity contribution in [1.82, 2.24) is 10.6 Å². The van der Waals surface area contributed by atoms with E-state index >= 15 is 0 Å². The molecule has 1 fully saturated rings. The second-order valence-electron chi connectivity index (χ2n) is 9.64. The van der Waals surface area contributed by atoms with E-state index in [1.54, 1.807) is 13.8 Å². The number of alkyl carbamates (subject to hydrolysis) is 1. The molecular formula is C28H34N2O5. The van der Waals surface area contributed by atoms with Crippen LogP contribution in [0.5, 0.6) is 0 Å². The quantitative estimate of drug-likeness (QED) is 0.496. The van der Waals surface area contributed by atoms with Gasteiger partial charge in [0.25, 0.3) is 0 Å². The van der Waals surface area contributed by atoms with Gasteiger partial charge in [-0.3, -0.25) is 4.79 Å². The van der Waals surface area contributed by atoms with E-state index in [9.17, 15) is 19.5 Å². The Balaban J connectivity index is 1.47. The Kier molecular flexibility index (Phi) is 7.15. The molecule has 0 aromatic heterocycles. The second kappa shape index (κ2) is 10.1. The number of benzene rings is 2. The first-order valence-electron chi connectivity index (χ1n) is 12.5. The van der Waals surface area contributed by atoms with Gasteiger partial charge in [-0.25, -0.2) is 9.59 Å². The van der Waals surface area contributed by atoms with Crippen molar-refractivity contribution in [2.24, 2.45) is 0 Å². The molecule has 2 amide bonds. The Bertz CT molecular complexity index is 1060. The first kappa shape index (κ1) is 24.8. The second-order valence-corrected chi connectivity index (χ2v) is 9.64. The fourth-order valence-corrected chi connectivity index (χ4v) is 5.52. The van der Waals surface area contributed by atoms with Crippen molar-refractivity contribution in [3.8, 4) is 11.1 Å². The van der Waals surface area contributed by atoms with E-state index in [1.165, 1.54) is 0 Å². The highest BCUT2D eigenvalue weighted by atomic mass is 16.5. The molecule has 4 rings (SSSR count). The Hall–Kier alpha value is -3.35. The van der Waals surface area contributed by atoms with Gasteiger partial charge in [0.05, 0.1) is 0 Å². The number of amides is 2. The Morgan fingerprint density at radius 3 is 2.00 bits per heavy atom. The molecule has 0 radical (unpaired) electrons. The Labute approximate surface area is 206 Å². The Morgan fingerprint density at radius 1 is 0.943 bits per heavy atom. The number of aliphatic carboxylic acids is 1. The molecule has 0 atom stereocenters. The maximum absolute atomic E-state index is 13.4. The van der Waals surface area contributed by atoms with Crippen molar-refractivity contribution in [1.29, 1.82) is 0 Å². The molecule has 0 heterocycles. The minimum absolute atomic E-state index is 0.0860. The van der Waals surface area contributed by atoms with E-state index in [1.807, 2.05) is 36.4 Å². The van der Waals surface area contributed by atoms with Gasteiger partial charge >= 0.3 is 12.1 Å². The van der Waals surface area contributed by atoms with E-state index in [2.05, 4.69) is 22.8 Å². The van der Waals surface area contributed by atoms with E-state index in [0.717, 1.165) is 41.5 Å². The molecule has 7 heteroatoms. The van der Waals surface area contributed by atoms with Crippen LogP contribution in [0.1, 0.15) is 75.8 Å². The summed E-state index contributed by atoms with van der Waals surface area (Å²) in [6.07, 6.45) is 3.18. The summed E-state index contributed by atoms with van der Waals surface area (Å²) in [6, 6.07) is 16.2. The lowest BCUT2D eigenvalue weighted by Crippen LogP contribution is -2.65. The molecule has 0 unspecified atom stereocenters. The van der Waals surface area contributed by atoms with Crippen molar-refractivity contribution in [3.05, 3.63) is 59.7 Å². The predicted octanol–water partition coefficient (Wildman–Crippen LogP) is 4.99. The molecule has 2 aromatic rings. The normalized spacial score (nSPS) is 16.6. The number of fused-ring (bicyclic) bond motifs is 3. The van der Waals surface area contributed by atoms with Gasteiger partial charge in [0.15, 0.2) is 0 Å². The lowest BCUT2D eigenvalue weighted by Gasteiger charge is -2.39. The molecule has 2 aromatic carbocycles. The molecule has 7 nitrogen and oxygen atoms in total. The predicted molar refractivity (Wildman–Crippen MR) is 133 cm³/mol. The summed E-state index contributed by atoms with van der Waals surface area (Å²) < 4.78 is 5.67. The zero-order valence-electron chi connectivity index (χ0n) is 20.4. The standard InChI is InChI=1S/C28H34N2O5/c1-3-27(4-2,24(31)29-28(25(32)33)16-10-5-11-17-28)30-26(34)35-18-23-21-14-8-6-12-19(21)20-13-7-9-15-22(20)23/h6-9,12-15,23H,3-5,10-11,16-18H2,1-2H3,(H,29,31)(H,30,34)(H,32,33). The highest BCUT2D eigenvalue weighted by Crippen LogP contribution is 2.44. The van der Waals surface area contributed by atoms with Crippen molar-refractivity contribution in [2.45, 2.75) is 75.8 Å². The summed E-state index contributed by atoms with van der Waals surface area (Å²) in [5.74, 6) is -1.58. The minimum Gasteiger partial charge on any atom is -0.480 e. The van der Waals surface area contributed by atoms with Crippen molar-refractivity contribution in [2.75, 3.05) is 6.61 Å². The van der Waals surface area contributed by atoms with Gasteiger partial charge in [-0.15, -0.1) is 0 Å². The highest BCUT2D eigenvalue weighted by molar-refractivity contribution is 5.94. The van der Waals surface area contributed by atoms with Crippen molar-refractivity contribution < 1.29 is 24.2 Å². The average molecular weight is 479 g/mol. The SMILES string of the molecule is CCC(CC)(NC(=O)OCC1c2ccccc2-c2ccccc21)C(=O)NC1(C(=O)O)CCCCC1. The Morgan fingerprint density at radius 2 is 1.49 bits per heavy atom. The van der Waals surface area contributed by atoms with Crippen molar-refractivity contribution in [3.63, 3.8) is 0 Å². The van der Waals surface area contributed by atoms with Crippen LogP contribution in [0.2, 0.25) is 0 Å². The number of carboxylic acids is 1. The fourth-order valence-electron chi connectivity index (χ4n) is 5.52. The van der Waals surface area contributed by atoms with E-state index in [0.29, 0.717) is 25.7 Å². The molecule has 0 saturated heterocycles. The summed E-state index contributed by atoms with van der Waals surface area (Å²) in [7, 11) is 0. The maximum atomic E-state index is 13.4. The highest BCUT2D eigenvalue weighted by Gasteiger charge is 2.46. The summed E-state index contributed by atoms with van der Waals surface area (Å²) in [4.78, 5) is 38.4. The molecule has 1 saturated carbocycles. The molecular weight excluding hydrogens is 444 g/mol. The topological polar surface area (TPSA) is 105 Å². The van der Waals surface area contributed by atoms with Gasteiger partial charge in [0, 0.05) is 5.92 Å². The van der Waals surface area contributed by atoms with Crippen LogP contribution in [0.25, 0.3) is 11.1 Å². The summed E-state index contributed by atoms with van der Waals surface area (Å²) in [6.45, 7) is 3.76. The smallest absolute Gasteiger partial charge is 0.408 e.